The third-order valence-corrected chi connectivity index (χ3v) is 2.24. The first-order chi connectivity index (χ1) is 6.43. The van der Waals surface area contributed by atoms with Crippen molar-refractivity contribution in [1.82, 2.24) is 9.97 Å². The zero-order valence-corrected chi connectivity index (χ0v) is 8.83. The van der Waals surface area contributed by atoms with Crippen LogP contribution in [0.3, 0.4) is 0 Å². The number of aromatic nitrogens is 2. The smallest absolute Gasteiger partial charge is 0.310 e. The van der Waals surface area contributed by atoms with Crippen molar-refractivity contribution in [3.05, 3.63) is 22.8 Å². The van der Waals surface area contributed by atoms with Crippen LogP contribution in [0.15, 0.2) is 0 Å². The summed E-state index contributed by atoms with van der Waals surface area (Å²) in [6.45, 7) is 7.08. The van der Waals surface area contributed by atoms with Gasteiger partial charge in [0.15, 0.2) is 0 Å². The van der Waals surface area contributed by atoms with Crippen LogP contribution < -0.4 is 0 Å². The predicted octanol–water partition coefficient (Wildman–Crippen LogP) is 1.59. The number of nitrogens with zero attached hydrogens (tertiary/aromatic N) is 2. The number of aliphatic carboxylic acids is 1. The largest absolute Gasteiger partial charge is 0.481 e. The van der Waals surface area contributed by atoms with Crippen LogP contribution in [0.5, 0.6) is 0 Å². The lowest BCUT2D eigenvalue weighted by atomic mass is 9.98. The number of hydrogen-bond acceptors (Lipinski definition) is 3. The Labute approximate surface area is 83.0 Å². The van der Waals surface area contributed by atoms with Gasteiger partial charge in [-0.1, -0.05) is 0 Å². The van der Waals surface area contributed by atoms with Gasteiger partial charge in [0.25, 0.3) is 0 Å². The lowest BCUT2D eigenvalue weighted by Crippen LogP contribution is -2.13. The van der Waals surface area contributed by atoms with Crippen LogP contribution in [0.4, 0.5) is 0 Å². The van der Waals surface area contributed by atoms with E-state index in [0.717, 1.165) is 17.0 Å². The molecule has 1 rings (SSSR count). The Balaban J connectivity index is 3.27. The van der Waals surface area contributed by atoms with Crippen LogP contribution in [0, 0.1) is 20.8 Å². The lowest BCUT2D eigenvalue weighted by molar-refractivity contribution is -0.138. The Kier molecular flexibility index (Phi) is 2.84. The fourth-order valence-corrected chi connectivity index (χ4v) is 1.64. The molecule has 0 spiro atoms. The molecule has 1 heterocycles. The Morgan fingerprint density at radius 2 is 1.64 bits per heavy atom. The second kappa shape index (κ2) is 3.74. The minimum absolute atomic E-state index is 0.546. The van der Waals surface area contributed by atoms with Crippen LogP contribution in [0.2, 0.25) is 0 Å². The van der Waals surface area contributed by atoms with Gasteiger partial charge in [0, 0.05) is 17.0 Å². The summed E-state index contributed by atoms with van der Waals surface area (Å²) in [4.78, 5) is 19.2. The normalized spacial score (nSPS) is 12.6. The standard InChI is InChI=1S/C10H14N2O2/c1-5(10(13)14)9-6(2)11-8(4)12-7(9)3/h5H,1-4H3,(H,13,14). The van der Waals surface area contributed by atoms with Gasteiger partial charge in [-0.2, -0.15) is 0 Å². The Hall–Kier alpha value is -1.45. The van der Waals surface area contributed by atoms with E-state index in [1.165, 1.54) is 0 Å². The third-order valence-electron chi connectivity index (χ3n) is 2.24. The van der Waals surface area contributed by atoms with Crippen LogP contribution in [-0.2, 0) is 4.79 Å². The minimum atomic E-state index is -0.844. The van der Waals surface area contributed by atoms with E-state index < -0.39 is 11.9 Å². The number of rotatable bonds is 2. The van der Waals surface area contributed by atoms with Gasteiger partial charge in [0.1, 0.15) is 5.82 Å². The average molecular weight is 194 g/mol. The van der Waals surface area contributed by atoms with Crippen molar-refractivity contribution in [2.75, 3.05) is 0 Å². The summed E-state index contributed by atoms with van der Waals surface area (Å²) in [6, 6.07) is 0. The lowest BCUT2D eigenvalue weighted by Gasteiger charge is -2.12. The summed E-state index contributed by atoms with van der Waals surface area (Å²) in [5.74, 6) is -0.708. The zero-order valence-electron chi connectivity index (χ0n) is 8.83. The molecule has 0 aliphatic heterocycles. The quantitative estimate of drug-likeness (QED) is 0.776. The van der Waals surface area contributed by atoms with Crippen molar-refractivity contribution in [1.29, 1.82) is 0 Å². The summed E-state index contributed by atoms with van der Waals surface area (Å²) in [7, 11) is 0. The maximum absolute atomic E-state index is 10.8. The average Bonchev–Trinajstić information content (AvgIpc) is 2.01. The van der Waals surface area contributed by atoms with Gasteiger partial charge in [-0.25, -0.2) is 9.97 Å². The van der Waals surface area contributed by atoms with E-state index in [1.54, 1.807) is 13.8 Å². The zero-order chi connectivity index (χ0) is 10.9. The molecule has 0 bridgehead atoms. The molecule has 0 saturated carbocycles. The van der Waals surface area contributed by atoms with E-state index in [2.05, 4.69) is 9.97 Å². The fourth-order valence-electron chi connectivity index (χ4n) is 1.64. The molecule has 1 aromatic heterocycles. The molecule has 0 aliphatic rings. The van der Waals surface area contributed by atoms with Crippen LogP contribution >= 0.6 is 0 Å². The minimum Gasteiger partial charge on any atom is -0.481 e. The molecule has 14 heavy (non-hydrogen) atoms. The highest BCUT2D eigenvalue weighted by atomic mass is 16.4. The molecule has 1 atom stereocenters. The summed E-state index contributed by atoms with van der Waals surface area (Å²) in [5.41, 5.74) is 2.23. The number of hydrogen-bond donors (Lipinski definition) is 1. The number of carboxylic acid groups (broad SMARTS) is 1. The monoisotopic (exact) mass is 194 g/mol. The summed E-state index contributed by atoms with van der Waals surface area (Å²) < 4.78 is 0. The molecule has 76 valence electrons. The summed E-state index contributed by atoms with van der Waals surface area (Å²) >= 11 is 0. The van der Waals surface area contributed by atoms with Gasteiger partial charge in [-0.15, -0.1) is 0 Å². The first kappa shape index (κ1) is 10.6. The second-order valence-electron chi connectivity index (χ2n) is 3.42. The first-order valence-electron chi connectivity index (χ1n) is 4.48. The van der Waals surface area contributed by atoms with E-state index in [0.29, 0.717) is 5.82 Å². The molecule has 0 fully saturated rings. The SMILES string of the molecule is Cc1nc(C)c(C(C)C(=O)O)c(C)n1. The molecule has 0 aliphatic carbocycles. The Morgan fingerprint density at radius 3 is 2.00 bits per heavy atom. The maximum atomic E-state index is 10.8. The first-order valence-corrected chi connectivity index (χ1v) is 4.48. The molecule has 4 heteroatoms. The van der Waals surface area contributed by atoms with Crippen molar-refractivity contribution in [3.63, 3.8) is 0 Å². The molecule has 1 aromatic rings. The van der Waals surface area contributed by atoms with Gasteiger partial charge in [-0.05, 0) is 27.7 Å². The predicted molar refractivity (Wildman–Crippen MR) is 52.3 cm³/mol. The number of carbonyl (C=O) groups is 1. The van der Waals surface area contributed by atoms with E-state index in [-0.39, 0.29) is 0 Å². The topological polar surface area (TPSA) is 63.1 Å². The van der Waals surface area contributed by atoms with Gasteiger partial charge in [-0.3, -0.25) is 4.79 Å². The molecular formula is C10H14N2O2. The van der Waals surface area contributed by atoms with Crippen molar-refractivity contribution in [2.24, 2.45) is 0 Å². The summed E-state index contributed by atoms with van der Waals surface area (Å²) in [5, 5.41) is 8.90. The second-order valence-corrected chi connectivity index (χ2v) is 3.42. The highest BCUT2D eigenvalue weighted by Crippen LogP contribution is 2.21. The Morgan fingerprint density at radius 1 is 1.21 bits per heavy atom. The molecule has 0 saturated heterocycles. The van der Waals surface area contributed by atoms with Crippen molar-refractivity contribution < 1.29 is 9.90 Å². The van der Waals surface area contributed by atoms with Crippen molar-refractivity contribution in [2.45, 2.75) is 33.6 Å². The van der Waals surface area contributed by atoms with Gasteiger partial charge in [0.2, 0.25) is 0 Å². The number of carboxylic acids is 1. The number of aryl methyl sites for hydroxylation is 3. The molecule has 0 aromatic carbocycles. The van der Waals surface area contributed by atoms with E-state index in [4.69, 9.17) is 5.11 Å². The highest BCUT2D eigenvalue weighted by Gasteiger charge is 2.19. The highest BCUT2D eigenvalue weighted by molar-refractivity contribution is 5.76. The molecule has 4 nitrogen and oxygen atoms in total. The molecule has 1 unspecified atom stereocenters. The third kappa shape index (κ3) is 1.89. The maximum Gasteiger partial charge on any atom is 0.310 e. The molecular weight excluding hydrogens is 180 g/mol. The van der Waals surface area contributed by atoms with Crippen LogP contribution in [0.1, 0.15) is 35.6 Å². The van der Waals surface area contributed by atoms with Crippen LogP contribution in [-0.4, -0.2) is 21.0 Å². The molecule has 0 radical (unpaired) electrons. The molecule has 0 amide bonds. The Bertz CT molecular complexity index is 351. The fraction of sp³-hybridized carbons (Fsp3) is 0.500. The van der Waals surface area contributed by atoms with E-state index in [1.807, 2.05) is 13.8 Å². The van der Waals surface area contributed by atoms with Gasteiger partial charge in [0.05, 0.1) is 5.92 Å². The molecule has 1 N–H and O–H groups in total. The summed E-state index contributed by atoms with van der Waals surface area (Å²) in [6.07, 6.45) is 0. The van der Waals surface area contributed by atoms with E-state index in [9.17, 15) is 4.79 Å². The van der Waals surface area contributed by atoms with E-state index >= 15 is 0 Å². The van der Waals surface area contributed by atoms with Crippen molar-refractivity contribution >= 4 is 5.97 Å². The van der Waals surface area contributed by atoms with Gasteiger partial charge < -0.3 is 5.11 Å². The van der Waals surface area contributed by atoms with Gasteiger partial charge >= 0.3 is 5.97 Å². The van der Waals surface area contributed by atoms with Crippen LogP contribution in [0.25, 0.3) is 0 Å². The van der Waals surface area contributed by atoms with Crippen molar-refractivity contribution in [3.8, 4) is 0 Å².